The van der Waals surface area contributed by atoms with E-state index in [0.717, 1.165) is 26.9 Å². The van der Waals surface area contributed by atoms with E-state index in [9.17, 15) is 9.18 Å². The average Bonchev–Trinajstić information content (AvgIpc) is 3.46. The maximum atomic E-state index is 13.7. The van der Waals surface area contributed by atoms with Gasteiger partial charge in [-0.1, -0.05) is 35.0 Å². The molecule has 1 aliphatic heterocycles. The zero-order chi connectivity index (χ0) is 25.2. The number of nitrogens with two attached hydrogens (primary N) is 1. The van der Waals surface area contributed by atoms with Crippen LogP contribution in [0.3, 0.4) is 0 Å². The largest absolute Gasteiger partial charge is 0.399 e. The molecule has 6 nitrogen and oxygen atoms in total. The molecule has 2 atom stereocenters. The van der Waals surface area contributed by atoms with Crippen molar-refractivity contribution in [2.24, 2.45) is 0 Å². The molecule has 0 bridgehead atoms. The van der Waals surface area contributed by atoms with Crippen molar-refractivity contribution < 1.29 is 13.9 Å². The van der Waals surface area contributed by atoms with Crippen molar-refractivity contribution in [2.45, 2.75) is 32.1 Å². The van der Waals surface area contributed by atoms with E-state index >= 15 is 0 Å². The molecule has 184 valence electrons. The van der Waals surface area contributed by atoms with Gasteiger partial charge in [0, 0.05) is 34.0 Å². The van der Waals surface area contributed by atoms with Crippen molar-refractivity contribution in [3.8, 4) is 16.9 Å². The Kier molecular flexibility index (Phi) is 6.89. The Morgan fingerprint density at radius 1 is 1.03 bits per heavy atom. The molecule has 1 fully saturated rings. The van der Waals surface area contributed by atoms with Crippen molar-refractivity contribution in [1.82, 2.24) is 14.7 Å². The molecule has 1 amide bonds. The second kappa shape index (κ2) is 10.2. The first-order chi connectivity index (χ1) is 17.4. The molecule has 5 rings (SSSR count). The van der Waals surface area contributed by atoms with E-state index in [1.807, 2.05) is 61.7 Å². The number of carbonyl (C=O) groups is 1. The first kappa shape index (κ1) is 24.2. The van der Waals surface area contributed by atoms with Gasteiger partial charge < -0.3 is 15.4 Å². The Morgan fingerprint density at radius 2 is 1.72 bits per heavy atom. The first-order valence-electron chi connectivity index (χ1n) is 11.8. The predicted molar refractivity (Wildman–Crippen MR) is 141 cm³/mol. The van der Waals surface area contributed by atoms with Gasteiger partial charge in [-0.05, 0) is 79.1 Å². The highest BCUT2D eigenvalue weighted by atomic mass is 79.9. The van der Waals surface area contributed by atoms with Gasteiger partial charge in [0.15, 0.2) is 6.23 Å². The molecule has 8 heteroatoms. The third-order valence-electron chi connectivity index (χ3n) is 6.34. The van der Waals surface area contributed by atoms with E-state index in [2.05, 4.69) is 15.9 Å². The van der Waals surface area contributed by atoms with E-state index in [0.29, 0.717) is 30.8 Å². The molecule has 1 aromatic heterocycles. The van der Waals surface area contributed by atoms with E-state index in [1.54, 1.807) is 21.7 Å². The maximum absolute atomic E-state index is 13.7. The number of nitrogens with zero attached hydrogens (tertiary/aromatic N) is 3. The summed E-state index contributed by atoms with van der Waals surface area (Å²) in [7, 11) is 0. The van der Waals surface area contributed by atoms with Crippen LogP contribution in [0, 0.1) is 5.82 Å². The highest BCUT2D eigenvalue weighted by Gasteiger charge is 2.42. The van der Waals surface area contributed by atoms with Crippen LogP contribution < -0.4 is 5.73 Å². The number of rotatable bonds is 7. The third kappa shape index (κ3) is 4.92. The molecule has 0 spiro atoms. The SMILES string of the molecule is CC[C@@H]1O[C@@H](c2cn(-c3ccc(Br)cc3)nc2-c2ccc(F)cc2)N(CCc2ccc(N)cc2)C1=O. The topological polar surface area (TPSA) is 73.4 Å². The summed E-state index contributed by atoms with van der Waals surface area (Å²) in [5.74, 6) is -0.365. The molecule has 1 saturated heterocycles. The van der Waals surface area contributed by atoms with E-state index in [-0.39, 0.29) is 11.7 Å². The molecule has 0 saturated carbocycles. The minimum atomic E-state index is -0.611. The predicted octanol–water partition coefficient (Wildman–Crippen LogP) is 5.90. The van der Waals surface area contributed by atoms with Crippen molar-refractivity contribution in [3.05, 3.63) is 100 Å². The van der Waals surface area contributed by atoms with Gasteiger partial charge >= 0.3 is 0 Å². The van der Waals surface area contributed by atoms with Crippen LogP contribution in [0.5, 0.6) is 0 Å². The zero-order valence-corrected chi connectivity index (χ0v) is 21.4. The molecule has 2 N–H and O–H groups in total. The molecule has 4 aromatic rings. The van der Waals surface area contributed by atoms with Gasteiger partial charge in [0.25, 0.3) is 5.91 Å². The first-order valence-corrected chi connectivity index (χ1v) is 12.6. The monoisotopic (exact) mass is 548 g/mol. The minimum Gasteiger partial charge on any atom is -0.399 e. The van der Waals surface area contributed by atoms with E-state index in [4.69, 9.17) is 15.6 Å². The van der Waals surface area contributed by atoms with Crippen LogP contribution >= 0.6 is 15.9 Å². The highest BCUT2D eigenvalue weighted by molar-refractivity contribution is 9.10. The van der Waals surface area contributed by atoms with Gasteiger partial charge in [0.2, 0.25) is 0 Å². The molecule has 3 aromatic carbocycles. The van der Waals surface area contributed by atoms with Crippen molar-refractivity contribution in [2.75, 3.05) is 12.3 Å². The summed E-state index contributed by atoms with van der Waals surface area (Å²) in [6, 6.07) is 21.6. The Hall–Kier alpha value is -3.49. The number of ether oxygens (including phenoxy) is 1. The third-order valence-corrected chi connectivity index (χ3v) is 6.87. The second-order valence-corrected chi connectivity index (χ2v) is 9.69. The molecule has 0 aliphatic carbocycles. The number of hydrogen-bond donors (Lipinski definition) is 1. The van der Waals surface area contributed by atoms with Crippen molar-refractivity contribution in [1.29, 1.82) is 0 Å². The van der Waals surface area contributed by atoms with Crippen LogP contribution in [0.4, 0.5) is 10.1 Å². The van der Waals surface area contributed by atoms with Crippen molar-refractivity contribution in [3.63, 3.8) is 0 Å². The number of anilines is 1. The van der Waals surface area contributed by atoms with Gasteiger partial charge in [0.05, 0.1) is 5.69 Å². The summed E-state index contributed by atoms with van der Waals surface area (Å²) < 4.78 is 22.7. The quantitative estimate of drug-likeness (QED) is 0.292. The Bertz CT molecular complexity index is 1350. The van der Waals surface area contributed by atoms with Crippen LogP contribution in [0.15, 0.2) is 83.5 Å². The summed E-state index contributed by atoms with van der Waals surface area (Å²) in [5, 5.41) is 4.84. The molecule has 1 aliphatic rings. The van der Waals surface area contributed by atoms with E-state index < -0.39 is 12.3 Å². The molecule has 0 radical (unpaired) electrons. The summed E-state index contributed by atoms with van der Waals surface area (Å²) in [5.41, 5.74) is 10.6. The lowest BCUT2D eigenvalue weighted by molar-refractivity contribution is -0.130. The Balaban J connectivity index is 1.54. The number of nitrogen functional groups attached to an aromatic ring is 1. The standard InChI is InChI=1S/C28H26BrFN4O2/c1-2-25-27(35)33(16-15-18-3-11-22(31)12-4-18)28(36-25)24-17-34(23-13-7-20(29)8-14-23)32-26(24)19-5-9-21(30)10-6-19/h3-14,17,25,28H,2,15-16,31H2,1H3/t25-,28-/m0/s1. The zero-order valence-electron chi connectivity index (χ0n) is 19.8. The van der Waals surface area contributed by atoms with E-state index in [1.165, 1.54) is 12.1 Å². The highest BCUT2D eigenvalue weighted by Crippen LogP contribution is 2.38. The molecular weight excluding hydrogens is 523 g/mol. The van der Waals surface area contributed by atoms with Crippen LogP contribution in [-0.2, 0) is 16.0 Å². The lowest BCUT2D eigenvalue weighted by Gasteiger charge is -2.23. The molecule has 2 heterocycles. The van der Waals surface area contributed by atoms with Crippen molar-refractivity contribution >= 4 is 27.5 Å². The molecular formula is C28H26BrFN4O2. The second-order valence-electron chi connectivity index (χ2n) is 8.77. The van der Waals surface area contributed by atoms with Crippen LogP contribution in [0.1, 0.15) is 30.7 Å². The minimum absolute atomic E-state index is 0.0422. The van der Waals surface area contributed by atoms with Gasteiger partial charge in [-0.25, -0.2) is 9.07 Å². The number of amides is 1. The summed E-state index contributed by atoms with van der Waals surface area (Å²) in [6.45, 7) is 2.42. The van der Waals surface area contributed by atoms with Gasteiger partial charge in [0.1, 0.15) is 17.6 Å². The number of aromatic nitrogens is 2. The fourth-order valence-electron chi connectivity index (χ4n) is 4.39. The van der Waals surface area contributed by atoms with Crippen LogP contribution in [-0.4, -0.2) is 33.2 Å². The average molecular weight is 549 g/mol. The number of halogens is 2. The summed E-state index contributed by atoms with van der Waals surface area (Å²) in [4.78, 5) is 15.1. The maximum Gasteiger partial charge on any atom is 0.254 e. The smallest absolute Gasteiger partial charge is 0.254 e. The number of hydrogen-bond acceptors (Lipinski definition) is 4. The Labute approximate surface area is 217 Å². The van der Waals surface area contributed by atoms with Crippen LogP contribution in [0.25, 0.3) is 16.9 Å². The van der Waals surface area contributed by atoms with Gasteiger partial charge in [-0.2, -0.15) is 5.10 Å². The number of carbonyl (C=O) groups excluding carboxylic acids is 1. The fraction of sp³-hybridized carbons (Fsp3) is 0.214. The normalized spacial score (nSPS) is 17.6. The number of benzene rings is 3. The summed E-state index contributed by atoms with van der Waals surface area (Å²) in [6.07, 6.45) is 1.99. The van der Waals surface area contributed by atoms with Gasteiger partial charge in [-0.3, -0.25) is 4.79 Å². The van der Waals surface area contributed by atoms with Gasteiger partial charge in [-0.15, -0.1) is 0 Å². The lowest BCUT2D eigenvalue weighted by atomic mass is 10.1. The van der Waals surface area contributed by atoms with Crippen LogP contribution in [0.2, 0.25) is 0 Å². The lowest BCUT2D eigenvalue weighted by Crippen LogP contribution is -2.32. The molecule has 0 unspecified atom stereocenters. The summed E-state index contributed by atoms with van der Waals surface area (Å²) >= 11 is 3.47. The Morgan fingerprint density at radius 3 is 2.39 bits per heavy atom. The molecule has 36 heavy (non-hydrogen) atoms. The fourth-order valence-corrected chi connectivity index (χ4v) is 4.65.